The summed E-state index contributed by atoms with van der Waals surface area (Å²) in [4.78, 5) is 10.3. The van der Waals surface area contributed by atoms with Crippen LogP contribution in [0.5, 0.6) is 11.5 Å². The number of hydrogen-bond acceptors (Lipinski definition) is 3. The van der Waals surface area contributed by atoms with Gasteiger partial charge in [-0.05, 0) is 12.1 Å². The van der Waals surface area contributed by atoms with E-state index in [0.29, 0.717) is 0 Å². The number of benzene rings is 1. The van der Waals surface area contributed by atoms with Crippen molar-refractivity contribution in [1.29, 1.82) is 0 Å². The van der Waals surface area contributed by atoms with Gasteiger partial charge in [0.25, 0.3) is 0 Å². The fourth-order valence-corrected chi connectivity index (χ4v) is 0.701. The van der Waals surface area contributed by atoms with E-state index in [4.69, 9.17) is 15.3 Å². The molecule has 1 aromatic rings. The third-order valence-corrected chi connectivity index (χ3v) is 1.21. The summed E-state index contributed by atoms with van der Waals surface area (Å²) < 4.78 is 0. The van der Waals surface area contributed by atoms with Gasteiger partial charge in [0.15, 0.2) is 0 Å². The van der Waals surface area contributed by atoms with E-state index >= 15 is 0 Å². The monoisotopic (exact) mass is 364 g/mol. The normalized spacial score (nSPS) is 8.67. The Bertz CT molecular complexity index is 297. The Hall–Kier alpha value is -0.788. The number of phenols is 2. The average molecular weight is 363 g/mol. The van der Waals surface area contributed by atoms with Gasteiger partial charge in [-0.25, -0.2) is 4.79 Å². The Balaban J connectivity index is 0.00000121. The predicted octanol–water partition coefficient (Wildman–Crippen LogP) is -0.120. The SMILES string of the molecule is O=C(O)c1ccc(O)cc1O.[PbH2]. The molecule has 0 spiro atoms. The Morgan fingerprint density at radius 3 is 2.25 bits per heavy atom. The van der Waals surface area contributed by atoms with Crippen LogP contribution < -0.4 is 0 Å². The fraction of sp³-hybridized carbons (Fsp3) is 0. The summed E-state index contributed by atoms with van der Waals surface area (Å²) in [5, 5.41) is 26.1. The van der Waals surface area contributed by atoms with Gasteiger partial charge in [-0.1, -0.05) is 0 Å². The van der Waals surface area contributed by atoms with Crippen LogP contribution in [0.15, 0.2) is 18.2 Å². The summed E-state index contributed by atoms with van der Waals surface area (Å²) in [6.07, 6.45) is 0. The summed E-state index contributed by atoms with van der Waals surface area (Å²) in [5.74, 6) is -1.81. The van der Waals surface area contributed by atoms with Crippen molar-refractivity contribution in [1.82, 2.24) is 0 Å². The molecule has 0 atom stereocenters. The molecule has 3 N–H and O–H groups in total. The second kappa shape index (κ2) is 4.29. The van der Waals surface area contributed by atoms with Gasteiger partial charge in [-0.2, -0.15) is 0 Å². The van der Waals surface area contributed by atoms with Crippen molar-refractivity contribution in [2.45, 2.75) is 0 Å². The number of aromatic carboxylic acids is 1. The molecule has 0 fully saturated rings. The van der Waals surface area contributed by atoms with E-state index in [1.54, 1.807) is 0 Å². The molecule has 64 valence electrons. The average Bonchev–Trinajstić information content (AvgIpc) is 1.85. The second-order valence-corrected chi connectivity index (χ2v) is 2.01. The van der Waals surface area contributed by atoms with Gasteiger partial charge < -0.3 is 15.3 Å². The molecule has 4 nitrogen and oxygen atoms in total. The number of carboxylic acid groups (broad SMARTS) is 1. The maximum atomic E-state index is 10.3. The zero-order valence-corrected chi connectivity index (χ0v) is 11.7. The molecule has 1 rings (SSSR count). The van der Waals surface area contributed by atoms with Crippen LogP contribution in [0.3, 0.4) is 0 Å². The fourth-order valence-electron chi connectivity index (χ4n) is 0.701. The maximum absolute atomic E-state index is 10.3. The van der Waals surface area contributed by atoms with Crippen molar-refractivity contribution in [2.24, 2.45) is 0 Å². The molecule has 12 heavy (non-hydrogen) atoms. The molecular weight excluding hydrogens is 355 g/mol. The third-order valence-electron chi connectivity index (χ3n) is 1.21. The summed E-state index contributed by atoms with van der Waals surface area (Å²) >= 11 is 0. The van der Waals surface area contributed by atoms with E-state index in [9.17, 15) is 4.79 Å². The van der Waals surface area contributed by atoms with Gasteiger partial charge >= 0.3 is 33.3 Å². The first-order valence-corrected chi connectivity index (χ1v) is 2.86. The Morgan fingerprint density at radius 2 is 1.83 bits per heavy atom. The van der Waals surface area contributed by atoms with E-state index in [1.165, 1.54) is 6.07 Å². The molecule has 0 aliphatic carbocycles. The number of rotatable bonds is 1. The van der Waals surface area contributed by atoms with Crippen molar-refractivity contribution in [3.63, 3.8) is 0 Å². The van der Waals surface area contributed by atoms with E-state index in [2.05, 4.69) is 0 Å². The molecule has 1 aromatic carbocycles. The van der Waals surface area contributed by atoms with Crippen molar-refractivity contribution >= 4 is 33.3 Å². The molecule has 5 heteroatoms. The number of carboxylic acids is 1. The van der Waals surface area contributed by atoms with Crippen LogP contribution in [0.2, 0.25) is 0 Å². The Kier molecular flexibility index (Phi) is 4.01. The second-order valence-electron chi connectivity index (χ2n) is 2.01. The van der Waals surface area contributed by atoms with E-state index in [0.717, 1.165) is 12.1 Å². The zero-order valence-electron chi connectivity index (χ0n) is 6.19. The predicted molar refractivity (Wildman–Crippen MR) is 45.3 cm³/mol. The van der Waals surface area contributed by atoms with Crippen LogP contribution in [-0.4, -0.2) is 48.6 Å². The standard InChI is InChI=1S/C7H6O4.Pb.2H/c8-4-1-2-5(7(10)11)6(9)3-4;;;/h1-3,8-9H,(H,10,11);;;. The number of hydrogen-bond donors (Lipinski definition) is 3. The Labute approximate surface area is 88.6 Å². The first-order valence-electron chi connectivity index (χ1n) is 2.86. The number of phenolic OH excluding ortho intramolecular Hbond substituents is 1. The van der Waals surface area contributed by atoms with E-state index < -0.39 is 11.7 Å². The number of aromatic hydroxyl groups is 2. The molecule has 0 aromatic heterocycles. The molecule has 0 saturated heterocycles. The summed E-state index contributed by atoms with van der Waals surface area (Å²) in [5.41, 5.74) is -0.220. The van der Waals surface area contributed by atoms with Crippen molar-refractivity contribution in [3.05, 3.63) is 23.8 Å². The molecule has 0 amide bonds. The van der Waals surface area contributed by atoms with Gasteiger partial charge in [0.1, 0.15) is 17.1 Å². The van der Waals surface area contributed by atoms with Crippen molar-refractivity contribution in [3.8, 4) is 11.5 Å². The van der Waals surface area contributed by atoms with Crippen LogP contribution in [0.4, 0.5) is 0 Å². The van der Waals surface area contributed by atoms with Gasteiger partial charge in [0, 0.05) is 6.07 Å². The quantitative estimate of drug-likeness (QED) is 0.608. The molecule has 0 aliphatic heterocycles. The molecule has 0 heterocycles. The topological polar surface area (TPSA) is 77.8 Å². The summed E-state index contributed by atoms with van der Waals surface area (Å²) in [6.45, 7) is 0. The molecule has 0 aliphatic rings. The zero-order chi connectivity index (χ0) is 8.43. The Morgan fingerprint density at radius 1 is 1.25 bits per heavy atom. The van der Waals surface area contributed by atoms with Crippen LogP contribution in [0.1, 0.15) is 10.4 Å². The van der Waals surface area contributed by atoms with Gasteiger partial charge in [-0.15, -0.1) is 0 Å². The van der Waals surface area contributed by atoms with Gasteiger partial charge in [0.05, 0.1) is 0 Å². The summed E-state index contributed by atoms with van der Waals surface area (Å²) in [6, 6.07) is 3.31. The first kappa shape index (κ1) is 11.2. The first-order chi connectivity index (χ1) is 5.11. The van der Waals surface area contributed by atoms with Gasteiger partial charge in [-0.3, -0.25) is 0 Å². The molecule has 0 bridgehead atoms. The van der Waals surface area contributed by atoms with Gasteiger partial charge in [0.2, 0.25) is 0 Å². The minimum atomic E-state index is -1.22. The van der Waals surface area contributed by atoms with Crippen LogP contribution in [-0.2, 0) is 0 Å². The molecular formula is C7H8O4Pb. The summed E-state index contributed by atoms with van der Waals surface area (Å²) in [7, 11) is 0. The van der Waals surface area contributed by atoms with Crippen molar-refractivity contribution in [2.75, 3.05) is 0 Å². The number of carbonyl (C=O) groups is 1. The van der Waals surface area contributed by atoms with Crippen molar-refractivity contribution < 1.29 is 20.1 Å². The van der Waals surface area contributed by atoms with E-state index in [1.807, 2.05) is 0 Å². The molecule has 0 saturated carbocycles. The van der Waals surface area contributed by atoms with Crippen LogP contribution in [0, 0.1) is 0 Å². The van der Waals surface area contributed by atoms with Crippen LogP contribution >= 0.6 is 0 Å². The van der Waals surface area contributed by atoms with E-state index in [-0.39, 0.29) is 38.6 Å². The molecule has 2 radical (unpaired) electrons. The molecule has 0 unspecified atom stereocenters. The minimum absolute atomic E-state index is 0. The van der Waals surface area contributed by atoms with Crippen LogP contribution in [0.25, 0.3) is 0 Å². The third kappa shape index (κ3) is 2.36.